The van der Waals surface area contributed by atoms with E-state index in [1.54, 1.807) is 18.1 Å². The van der Waals surface area contributed by atoms with Crippen molar-refractivity contribution in [3.05, 3.63) is 35.9 Å². The summed E-state index contributed by atoms with van der Waals surface area (Å²) in [6, 6.07) is 7.08. The van der Waals surface area contributed by atoms with Gasteiger partial charge in [0, 0.05) is 25.4 Å². The van der Waals surface area contributed by atoms with Crippen LogP contribution in [0.1, 0.15) is 30.5 Å². The fourth-order valence-corrected chi connectivity index (χ4v) is 2.89. The molecule has 1 fully saturated rings. The summed E-state index contributed by atoms with van der Waals surface area (Å²) in [6.07, 6.45) is 1.80. The summed E-state index contributed by atoms with van der Waals surface area (Å²) in [6.45, 7) is 3.52. The quantitative estimate of drug-likeness (QED) is 0.785. The molecule has 0 spiro atoms. The van der Waals surface area contributed by atoms with Crippen LogP contribution in [-0.4, -0.2) is 53.0 Å². The number of amides is 2. The number of aromatic nitrogens is 3. The molecular weight excluding hydrogens is 322 g/mol. The average Bonchev–Trinajstić information content (AvgIpc) is 3.24. The number of carbonyl (C=O) groups is 1. The number of carbonyl (C=O) groups excluding carboxylic acids is 1. The van der Waals surface area contributed by atoms with E-state index in [1.165, 1.54) is 0 Å². The van der Waals surface area contributed by atoms with Crippen LogP contribution >= 0.6 is 0 Å². The minimum atomic E-state index is -0.154. The Morgan fingerprint density at radius 2 is 2.32 bits per heavy atom. The number of H-pyrrole nitrogens is 1. The summed E-state index contributed by atoms with van der Waals surface area (Å²) in [5.41, 5.74) is 0.691. The molecule has 0 saturated carbocycles. The maximum atomic E-state index is 12.7. The second kappa shape index (κ2) is 7.98. The molecule has 8 nitrogen and oxygen atoms in total. The first-order valence-electron chi connectivity index (χ1n) is 8.35. The van der Waals surface area contributed by atoms with Crippen molar-refractivity contribution >= 4 is 11.7 Å². The van der Waals surface area contributed by atoms with Gasteiger partial charge in [-0.2, -0.15) is 5.10 Å². The average molecular weight is 345 g/mol. The monoisotopic (exact) mass is 345 g/mol. The largest absolute Gasteiger partial charge is 0.491 e. The Morgan fingerprint density at radius 3 is 3.08 bits per heavy atom. The third-order valence-corrected chi connectivity index (χ3v) is 4.07. The summed E-state index contributed by atoms with van der Waals surface area (Å²) in [7, 11) is 1.63. The van der Waals surface area contributed by atoms with Crippen LogP contribution in [0.4, 0.5) is 10.5 Å². The summed E-state index contributed by atoms with van der Waals surface area (Å²) in [5.74, 6) is 2.11. The van der Waals surface area contributed by atoms with Crippen molar-refractivity contribution in [3.63, 3.8) is 0 Å². The van der Waals surface area contributed by atoms with E-state index >= 15 is 0 Å². The van der Waals surface area contributed by atoms with Crippen molar-refractivity contribution in [2.75, 3.05) is 32.2 Å². The number of urea groups is 1. The van der Waals surface area contributed by atoms with Crippen LogP contribution in [0.5, 0.6) is 5.75 Å². The van der Waals surface area contributed by atoms with Crippen LogP contribution in [0.25, 0.3) is 0 Å². The molecule has 0 radical (unpaired) electrons. The highest BCUT2D eigenvalue weighted by Gasteiger charge is 2.32. The highest BCUT2D eigenvalue weighted by molar-refractivity contribution is 5.90. The lowest BCUT2D eigenvalue weighted by Gasteiger charge is -2.23. The van der Waals surface area contributed by atoms with Gasteiger partial charge in [0.1, 0.15) is 18.2 Å². The predicted octanol–water partition coefficient (Wildman–Crippen LogP) is 2.51. The highest BCUT2D eigenvalue weighted by Crippen LogP contribution is 2.30. The minimum absolute atomic E-state index is 0.0916. The molecule has 2 aromatic rings. The topological polar surface area (TPSA) is 92.4 Å². The number of hydrogen-bond donors (Lipinski definition) is 2. The Kier molecular flexibility index (Phi) is 5.49. The third-order valence-electron chi connectivity index (χ3n) is 4.07. The summed E-state index contributed by atoms with van der Waals surface area (Å²) >= 11 is 0. The van der Waals surface area contributed by atoms with Crippen LogP contribution in [-0.2, 0) is 4.74 Å². The van der Waals surface area contributed by atoms with Gasteiger partial charge >= 0.3 is 6.03 Å². The van der Waals surface area contributed by atoms with E-state index in [4.69, 9.17) is 9.47 Å². The van der Waals surface area contributed by atoms with Gasteiger partial charge in [-0.3, -0.25) is 5.10 Å². The molecule has 25 heavy (non-hydrogen) atoms. The standard InChI is InChI=1S/C17H23N5O3/c1-12-18-16(21-20-12)15-7-4-8-22(15)17(23)19-13-5-3-6-14(11-13)25-10-9-24-2/h3,5-6,11,15H,4,7-10H2,1-2H3,(H,19,23)(H,18,20,21). The molecule has 134 valence electrons. The maximum absolute atomic E-state index is 12.7. The van der Waals surface area contributed by atoms with Crippen molar-refractivity contribution in [1.82, 2.24) is 20.1 Å². The Balaban J connectivity index is 1.64. The van der Waals surface area contributed by atoms with Crippen LogP contribution in [0.3, 0.4) is 0 Å². The number of aromatic amines is 1. The van der Waals surface area contributed by atoms with E-state index in [0.29, 0.717) is 37.0 Å². The van der Waals surface area contributed by atoms with Crippen molar-refractivity contribution in [2.45, 2.75) is 25.8 Å². The SMILES string of the molecule is COCCOc1cccc(NC(=O)N2CCCC2c2n[nH]c(C)n2)c1. The molecule has 0 bridgehead atoms. The molecule has 1 aromatic carbocycles. The van der Waals surface area contributed by atoms with Gasteiger partial charge in [0.15, 0.2) is 5.82 Å². The predicted molar refractivity (Wildman–Crippen MR) is 92.6 cm³/mol. The number of ether oxygens (including phenoxy) is 2. The van der Waals surface area contributed by atoms with Crippen LogP contribution in [0, 0.1) is 6.92 Å². The first-order valence-corrected chi connectivity index (χ1v) is 8.35. The smallest absolute Gasteiger partial charge is 0.322 e. The Morgan fingerprint density at radius 1 is 1.44 bits per heavy atom. The number of benzene rings is 1. The van der Waals surface area contributed by atoms with Gasteiger partial charge in [-0.1, -0.05) is 6.07 Å². The number of nitrogens with one attached hydrogen (secondary N) is 2. The van der Waals surface area contributed by atoms with Gasteiger partial charge in [0.05, 0.1) is 12.6 Å². The minimum Gasteiger partial charge on any atom is -0.491 e. The fourth-order valence-electron chi connectivity index (χ4n) is 2.89. The molecule has 2 N–H and O–H groups in total. The Hall–Kier alpha value is -2.61. The maximum Gasteiger partial charge on any atom is 0.322 e. The van der Waals surface area contributed by atoms with E-state index in [0.717, 1.165) is 18.7 Å². The highest BCUT2D eigenvalue weighted by atomic mass is 16.5. The van der Waals surface area contributed by atoms with Crippen molar-refractivity contribution in [2.24, 2.45) is 0 Å². The van der Waals surface area contributed by atoms with Crippen LogP contribution in [0.2, 0.25) is 0 Å². The van der Waals surface area contributed by atoms with E-state index < -0.39 is 0 Å². The van der Waals surface area contributed by atoms with Crippen LogP contribution < -0.4 is 10.1 Å². The first kappa shape index (κ1) is 17.2. The summed E-state index contributed by atoms with van der Waals surface area (Å²) in [5, 5.41) is 9.98. The summed E-state index contributed by atoms with van der Waals surface area (Å²) in [4.78, 5) is 18.8. The molecule has 1 aliphatic rings. The molecule has 0 aliphatic carbocycles. The molecule has 1 aliphatic heterocycles. The zero-order valence-electron chi connectivity index (χ0n) is 14.5. The second-order valence-corrected chi connectivity index (χ2v) is 5.93. The molecule has 1 saturated heterocycles. The number of nitrogens with zero attached hydrogens (tertiary/aromatic N) is 3. The van der Waals surface area contributed by atoms with Crippen molar-refractivity contribution in [1.29, 1.82) is 0 Å². The number of hydrogen-bond acceptors (Lipinski definition) is 5. The lowest BCUT2D eigenvalue weighted by molar-refractivity contribution is 0.146. The van der Waals surface area contributed by atoms with Crippen molar-refractivity contribution in [3.8, 4) is 5.75 Å². The lowest BCUT2D eigenvalue weighted by Crippen LogP contribution is -2.34. The molecule has 3 rings (SSSR count). The Bertz CT molecular complexity index is 718. The molecule has 1 unspecified atom stereocenters. The van der Waals surface area contributed by atoms with Gasteiger partial charge in [-0.05, 0) is 31.9 Å². The zero-order chi connectivity index (χ0) is 17.6. The van der Waals surface area contributed by atoms with Crippen LogP contribution in [0.15, 0.2) is 24.3 Å². The number of anilines is 1. The Labute approximate surface area is 146 Å². The van der Waals surface area contributed by atoms with Gasteiger partial charge in [-0.15, -0.1) is 0 Å². The number of aryl methyl sites for hydroxylation is 1. The number of rotatable bonds is 6. The molecule has 2 amide bonds. The zero-order valence-corrected chi connectivity index (χ0v) is 14.5. The molecule has 2 heterocycles. The fraction of sp³-hybridized carbons (Fsp3) is 0.471. The lowest BCUT2D eigenvalue weighted by atomic mass is 10.2. The third kappa shape index (κ3) is 4.27. The van der Waals surface area contributed by atoms with E-state index in [9.17, 15) is 4.79 Å². The number of methoxy groups -OCH3 is 1. The summed E-state index contributed by atoms with van der Waals surface area (Å²) < 4.78 is 10.5. The van der Waals surface area contributed by atoms with Gasteiger partial charge in [0.25, 0.3) is 0 Å². The van der Waals surface area contributed by atoms with Gasteiger partial charge < -0.3 is 19.7 Å². The molecule has 1 aromatic heterocycles. The van der Waals surface area contributed by atoms with Gasteiger partial charge in [-0.25, -0.2) is 9.78 Å². The molecule has 1 atom stereocenters. The normalized spacial score (nSPS) is 16.9. The second-order valence-electron chi connectivity index (χ2n) is 5.93. The molecular formula is C17H23N5O3. The van der Waals surface area contributed by atoms with E-state index in [-0.39, 0.29) is 12.1 Å². The van der Waals surface area contributed by atoms with E-state index in [1.807, 2.05) is 25.1 Å². The first-order chi connectivity index (χ1) is 12.2. The molecule has 8 heteroatoms. The van der Waals surface area contributed by atoms with Gasteiger partial charge in [0.2, 0.25) is 0 Å². The van der Waals surface area contributed by atoms with Crippen molar-refractivity contribution < 1.29 is 14.3 Å². The van der Waals surface area contributed by atoms with E-state index in [2.05, 4.69) is 20.5 Å². The number of likely N-dealkylation sites (tertiary alicyclic amines) is 1.